The molecule has 0 bridgehead atoms. The predicted molar refractivity (Wildman–Crippen MR) is 75.5 cm³/mol. The molecular formula is C14H17BrN2O. The van der Waals surface area contributed by atoms with Crippen molar-refractivity contribution in [3.05, 3.63) is 52.1 Å². The highest BCUT2D eigenvalue weighted by Gasteiger charge is 2.15. The van der Waals surface area contributed by atoms with Gasteiger partial charge in [-0.05, 0) is 47.6 Å². The third-order valence-corrected chi connectivity index (χ3v) is 3.40. The van der Waals surface area contributed by atoms with Gasteiger partial charge in [-0.2, -0.15) is 0 Å². The van der Waals surface area contributed by atoms with Crippen molar-refractivity contribution in [1.82, 2.24) is 10.3 Å². The molecule has 2 rings (SSSR count). The second-order valence-corrected chi connectivity index (χ2v) is 5.13. The van der Waals surface area contributed by atoms with Crippen molar-refractivity contribution in [2.75, 3.05) is 6.54 Å². The third kappa shape index (κ3) is 3.21. The van der Waals surface area contributed by atoms with Crippen molar-refractivity contribution < 1.29 is 4.42 Å². The number of nitrogens with one attached hydrogen (secondary N) is 1. The summed E-state index contributed by atoms with van der Waals surface area (Å²) in [5.41, 5.74) is 2.28. The molecule has 18 heavy (non-hydrogen) atoms. The zero-order valence-electron chi connectivity index (χ0n) is 10.6. The van der Waals surface area contributed by atoms with Gasteiger partial charge in [0.05, 0.1) is 6.26 Å². The van der Waals surface area contributed by atoms with E-state index in [1.54, 1.807) is 6.26 Å². The Labute approximate surface area is 116 Å². The normalized spacial score (nSPS) is 12.6. The summed E-state index contributed by atoms with van der Waals surface area (Å²) in [6, 6.07) is 6.35. The topological polar surface area (TPSA) is 38.1 Å². The highest BCUT2D eigenvalue weighted by molar-refractivity contribution is 9.10. The Morgan fingerprint density at radius 3 is 2.78 bits per heavy atom. The molecule has 0 aromatic carbocycles. The predicted octanol–water partition coefficient (Wildman–Crippen LogP) is 3.64. The lowest BCUT2D eigenvalue weighted by atomic mass is 10.0. The number of halogens is 1. The first-order valence-electron chi connectivity index (χ1n) is 6.08. The van der Waals surface area contributed by atoms with E-state index in [2.05, 4.69) is 33.2 Å². The van der Waals surface area contributed by atoms with Gasteiger partial charge in [-0.15, -0.1) is 0 Å². The zero-order chi connectivity index (χ0) is 13.0. The van der Waals surface area contributed by atoms with Crippen molar-refractivity contribution in [2.45, 2.75) is 26.3 Å². The number of pyridine rings is 1. The first kappa shape index (κ1) is 13.3. The van der Waals surface area contributed by atoms with Gasteiger partial charge in [0, 0.05) is 34.4 Å². The number of nitrogens with zero attached hydrogens (tertiary/aromatic N) is 1. The molecule has 1 unspecified atom stereocenters. The summed E-state index contributed by atoms with van der Waals surface area (Å²) < 4.78 is 6.39. The quantitative estimate of drug-likeness (QED) is 0.916. The molecule has 3 nitrogen and oxygen atoms in total. The molecule has 0 radical (unpaired) electrons. The monoisotopic (exact) mass is 308 g/mol. The summed E-state index contributed by atoms with van der Waals surface area (Å²) in [5, 5.41) is 3.48. The lowest BCUT2D eigenvalue weighted by Crippen LogP contribution is -2.23. The van der Waals surface area contributed by atoms with Gasteiger partial charge < -0.3 is 9.73 Å². The molecule has 1 atom stereocenters. The van der Waals surface area contributed by atoms with Gasteiger partial charge in [0.2, 0.25) is 0 Å². The van der Waals surface area contributed by atoms with Crippen LogP contribution in [-0.4, -0.2) is 11.5 Å². The molecule has 0 amide bonds. The maximum Gasteiger partial charge on any atom is 0.105 e. The molecule has 0 aliphatic carbocycles. The highest BCUT2D eigenvalue weighted by atomic mass is 79.9. The largest absolute Gasteiger partial charge is 0.469 e. The summed E-state index contributed by atoms with van der Waals surface area (Å²) >= 11 is 3.40. The number of likely N-dealkylation sites (N-methyl/N-ethyl adjacent to an activating group) is 1. The molecule has 0 fully saturated rings. The van der Waals surface area contributed by atoms with Crippen LogP contribution in [0.3, 0.4) is 0 Å². The van der Waals surface area contributed by atoms with E-state index in [0.717, 1.165) is 28.9 Å². The first-order chi connectivity index (χ1) is 8.70. The van der Waals surface area contributed by atoms with Crippen LogP contribution in [-0.2, 0) is 6.42 Å². The second-order valence-electron chi connectivity index (χ2n) is 4.21. The minimum absolute atomic E-state index is 0.252. The molecule has 2 aromatic rings. The maximum atomic E-state index is 5.38. The van der Waals surface area contributed by atoms with Crippen LogP contribution in [0.5, 0.6) is 0 Å². The molecule has 2 heterocycles. The summed E-state index contributed by atoms with van der Waals surface area (Å²) in [7, 11) is 0. The summed E-state index contributed by atoms with van der Waals surface area (Å²) in [4.78, 5) is 4.42. The fourth-order valence-corrected chi connectivity index (χ4v) is 2.27. The number of aryl methyl sites for hydroxylation is 1. The van der Waals surface area contributed by atoms with Crippen molar-refractivity contribution >= 4 is 15.9 Å². The van der Waals surface area contributed by atoms with Crippen LogP contribution in [0.1, 0.15) is 30.0 Å². The third-order valence-electron chi connectivity index (χ3n) is 2.93. The standard InChI is InChI=1S/C14H17BrN2O/c1-3-16-14(13-6-7-18-10(13)2)8-12-5-4-11(15)9-17-12/h4-7,9,14,16H,3,8H2,1-2H3. The smallest absolute Gasteiger partial charge is 0.105 e. The van der Waals surface area contributed by atoms with E-state index in [0.29, 0.717) is 0 Å². The van der Waals surface area contributed by atoms with Crippen LogP contribution in [0.25, 0.3) is 0 Å². The average molecular weight is 309 g/mol. The lowest BCUT2D eigenvalue weighted by Gasteiger charge is -2.17. The number of aromatic nitrogens is 1. The van der Waals surface area contributed by atoms with E-state index in [1.807, 2.05) is 31.3 Å². The van der Waals surface area contributed by atoms with Gasteiger partial charge in [-0.25, -0.2) is 0 Å². The Bertz CT molecular complexity index is 493. The fourth-order valence-electron chi connectivity index (χ4n) is 2.03. The van der Waals surface area contributed by atoms with E-state index < -0.39 is 0 Å². The number of rotatable bonds is 5. The number of hydrogen-bond donors (Lipinski definition) is 1. The van der Waals surface area contributed by atoms with Crippen molar-refractivity contribution in [1.29, 1.82) is 0 Å². The van der Waals surface area contributed by atoms with Gasteiger partial charge in [0.15, 0.2) is 0 Å². The van der Waals surface area contributed by atoms with Crippen LogP contribution in [0.2, 0.25) is 0 Å². The number of furan rings is 1. The molecule has 0 saturated carbocycles. The summed E-state index contributed by atoms with van der Waals surface area (Å²) in [5.74, 6) is 0.970. The van der Waals surface area contributed by atoms with Crippen LogP contribution in [0, 0.1) is 6.92 Å². The molecular weight excluding hydrogens is 292 g/mol. The summed E-state index contributed by atoms with van der Waals surface area (Å²) in [6.07, 6.45) is 4.44. The molecule has 2 aromatic heterocycles. The molecule has 1 N–H and O–H groups in total. The van der Waals surface area contributed by atoms with Gasteiger partial charge >= 0.3 is 0 Å². The van der Waals surface area contributed by atoms with E-state index in [9.17, 15) is 0 Å². The maximum absolute atomic E-state index is 5.38. The Morgan fingerprint density at radius 2 is 2.22 bits per heavy atom. The molecule has 0 saturated heterocycles. The molecule has 0 aliphatic rings. The van der Waals surface area contributed by atoms with Gasteiger partial charge in [0.25, 0.3) is 0 Å². The SMILES string of the molecule is CCNC(Cc1ccc(Br)cn1)c1ccoc1C. The molecule has 96 valence electrons. The van der Waals surface area contributed by atoms with Gasteiger partial charge in [-0.1, -0.05) is 6.92 Å². The minimum atomic E-state index is 0.252. The molecule has 4 heteroatoms. The van der Waals surface area contributed by atoms with E-state index in [1.165, 1.54) is 5.56 Å². The minimum Gasteiger partial charge on any atom is -0.469 e. The summed E-state index contributed by atoms with van der Waals surface area (Å²) in [6.45, 7) is 5.03. The second kappa shape index (κ2) is 6.16. The van der Waals surface area contributed by atoms with Crippen molar-refractivity contribution in [3.8, 4) is 0 Å². The fraction of sp³-hybridized carbons (Fsp3) is 0.357. The van der Waals surface area contributed by atoms with Crippen LogP contribution in [0.15, 0.2) is 39.5 Å². The molecule has 0 aliphatic heterocycles. The Hall–Kier alpha value is -1.13. The molecule has 0 spiro atoms. The van der Waals surface area contributed by atoms with Crippen molar-refractivity contribution in [3.63, 3.8) is 0 Å². The van der Waals surface area contributed by atoms with Crippen LogP contribution < -0.4 is 5.32 Å². The van der Waals surface area contributed by atoms with E-state index >= 15 is 0 Å². The first-order valence-corrected chi connectivity index (χ1v) is 6.87. The van der Waals surface area contributed by atoms with Crippen LogP contribution in [0.4, 0.5) is 0 Å². The van der Waals surface area contributed by atoms with Crippen LogP contribution >= 0.6 is 15.9 Å². The zero-order valence-corrected chi connectivity index (χ0v) is 12.2. The average Bonchev–Trinajstić information content (AvgIpc) is 2.78. The van der Waals surface area contributed by atoms with Gasteiger partial charge in [0.1, 0.15) is 5.76 Å². The lowest BCUT2D eigenvalue weighted by molar-refractivity contribution is 0.499. The van der Waals surface area contributed by atoms with E-state index in [-0.39, 0.29) is 6.04 Å². The number of hydrogen-bond acceptors (Lipinski definition) is 3. The van der Waals surface area contributed by atoms with Gasteiger partial charge in [-0.3, -0.25) is 4.98 Å². The van der Waals surface area contributed by atoms with E-state index in [4.69, 9.17) is 4.42 Å². The Balaban J connectivity index is 2.16. The van der Waals surface area contributed by atoms with Crippen molar-refractivity contribution in [2.24, 2.45) is 0 Å². The highest BCUT2D eigenvalue weighted by Crippen LogP contribution is 2.22. The Kier molecular flexibility index (Phi) is 4.55. The Morgan fingerprint density at radius 1 is 1.39 bits per heavy atom.